The zero-order chi connectivity index (χ0) is 15.8. The first-order valence-electron chi connectivity index (χ1n) is 6.60. The third-order valence-corrected chi connectivity index (χ3v) is 2.75. The van der Waals surface area contributed by atoms with Crippen LogP contribution in [0.25, 0.3) is 17.0 Å². The van der Waals surface area contributed by atoms with Crippen LogP contribution in [0, 0.1) is 0 Å². The second-order valence-corrected chi connectivity index (χ2v) is 4.37. The Morgan fingerprint density at radius 2 is 1.59 bits per heavy atom. The van der Waals surface area contributed by atoms with Crippen LogP contribution in [0.2, 0.25) is 0 Å². The van der Waals surface area contributed by atoms with Crippen molar-refractivity contribution in [1.29, 1.82) is 0 Å². The molecule has 0 aliphatic carbocycles. The fourth-order valence-electron chi connectivity index (χ4n) is 1.74. The van der Waals surface area contributed by atoms with Crippen LogP contribution in [-0.4, -0.2) is 11.1 Å². The molecule has 4 heteroatoms. The lowest BCUT2D eigenvalue weighted by Gasteiger charge is -1.91. The van der Waals surface area contributed by atoms with E-state index in [-0.39, 0.29) is 5.63 Å². The number of hydrogen-bond donors (Lipinski definition) is 1. The van der Waals surface area contributed by atoms with E-state index >= 15 is 0 Å². The average molecular weight is 294 g/mol. The van der Waals surface area contributed by atoms with Gasteiger partial charge in [0.1, 0.15) is 5.58 Å². The quantitative estimate of drug-likeness (QED) is 0.579. The number of carboxylic acids is 1. The van der Waals surface area contributed by atoms with Crippen LogP contribution in [0.5, 0.6) is 0 Å². The Balaban J connectivity index is 0.000000160. The van der Waals surface area contributed by atoms with Gasteiger partial charge < -0.3 is 9.52 Å². The van der Waals surface area contributed by atoms with Crippen LogP contribution in [0.3, 0.4) is 0 Å². The van der Waals surface area contributed by atoms with Gasteiger partial charge in [0, 0.05) is 17.5 Å². The predicted molar refractivity (Wildman–Crippen MR) is 85.6 cm³/mol. The van der Waals surface area contributed by atoms with Crippen molar-refractivity contribution < 1.29 is 14.3 Å². The predicted octanol–water partition coefficient (Wildman–Crippen LogP) is 3.58. The molecule has 0 saturated carbocycles. The van der Waals surface area contributed by atoms with E-state index in [0.717, 1.165) is 17.0 Å². The standard InChI is InChI=1S/C9H6O2.C9H8O2/c10-9-6-5-7-3-1-2-4-8(7)11-9;10-9(11)7-6-8-4-2-1-3-5-8/h1-6H;1-7H,(H,10,11)/b;7-6+. The minimum absolute atomic E-state index is 0.302. The molecule has 4 nitrogen and oxygen atoms in total. The number of para-hydroxylation sites is 1. The van der Waals surface area contributed by atoms with Crippen LogP contribution in [0.15, 0.2) is 82.0 Å². The van der Waals surface area contributed by atoms with Crippen molar-refractivity contribution in [1.82, 2.24) is 0 Å². The molecule has 22 heavy (non-hydrogen) atoms. The molecule has 0 aliphatic heterocycles. The summed E-state index contributed by atoms with van der Waals surface area (Å²) in [6, 6.07) is 19.9. The summed E-state index contributed by atoms with van der Waals surface area (Å²) in [7, 11) is 0. The Bertz CT molecular complexity index is 832. The lowest BCUT2D eigenvalue weighted by atomic mass is 10.2. The van der Waals surface area contributed by atoms with Gasteiger partial charge in [-0.25, -0.2) is 9.59 Å². The van der Waals surface area contributed by atoms with Crippen LogP contribution in [0.1, 0.15) is 5.56 Å². The third-order valence-electron chi connectivity index (χ3n) is 2.75. The number of rotatable bonds is 2. The van der Waals surface area contributed by atoms with Crippen LogP contribution in [0.4, 0.5) is 0 Å². The SMILES string of the molecule is O=C(O)/C=C/c1ccccc1.O=c1ccc2ccccc2o1. The summed E-state index contributed by atoms with van der Waals surface area (Å²) in [5, 5.41) is 9.24. The van der Waals surface area contributed by atoms with E-state index in [0.29, 0.717) is 5.58 Å². The molecule has 3 aromatic rings. The van der Waals surface area contributed by atoms with Crippen LogP contribution >= 0.6 is 0 Å². The molecule has 1 heterocycles. The Morgan fingerprint density at radius 3 is 2.32 bits per heavy atom. The summed E-state index contributed by atoms with van der Waals surface area (Å²) >= 11 is 0. The molecule has 1 aromatic heterocycles. The maximum Gasteiger partial charge on any atom is 0.336 e. The highest BCUT2D eigenvalue weighted by Crippen LogP contribution is 2.08. The highest BCUT2D eigenvalue weighted by atomic mass is 16.4. The largest absolute Gasteiger partial charge is 0.478 e. The Kier molecular flexibility index (Phi) is 5.26. The fourth-order valence-corrected chi connectivity index (χ4v) is 1.74. The highest BCUT2D eigenvalue weighted by Gasteiger charge is 1.92. The second kappa shape index (κ2) is 7.59. The van der Waals surface area contributed by atoms with Crippen molar-refractivity contribution in [3.05, 3.63) is 88.8 Å². The van der Waals surface area contributed by atoms with Gasteiger partial charge >= 0.3 is 11.6 Å². The first kappa shape index (κ1) is 15.3. The Hall–Kier alpha value is -3.14. The molecule has 3 rings (SSSR count). The maximum absolute atomic E-state index is 10.7. The fraction of sp³-hybridized carbons (Fsp3) is 0. The van der Waals surface area contributed by atoms with Gasteiger partial charge in [0.2, 0.25) is 0 Å². The van der Waals surface area contributed by atoms with Crippen LogP contribution in [-0.2, 0) is 4.79 Å². The third kappa shape index (κ3) is 4.76. The molecule has 0 amide bonds. The van der Waals surface area contributed by atoms with E-state index in [2.05, 4.69) is 0 Å². The van der Waals surface area contributed by atoms with Gasteiger partial charge in [0.15, 0.2) is 0 Å². The van der Waals surface area contributed by atoms with E-state index in [1.54, 1.807) is 18.2 Å². The van der Waals surface area contributed by atoms with Crippen molar-refractivity contribution in [3.63, 3.8) is 0 Å². The zero-order valence-electron chi connectivity index (χ0n) is 11.7. The van der Waals surface area contributed by atoms with E-state index in [1.165, 1.54) is 6.07 Å². The molecule has 0 unspecified atom stereocenters. The molecule has 0 bridgehead atoms. The molecule has 0 radical (unpaired) electrons. The number of carboxylic acid groups (broad SMARTS) is 1. The van der Waals surface area contributed by atoms with E-state index in [1.807, 2.05) is 48.5 Å². The Labute approximate surface area is 127 Å². The zero-order valence-corrected chi connectivity index (χ0v) is 11.7. The first-order valence-corrected chi connectivity index (χ1v) is 6.60. The van der Waals surface area contributed by atoms with E-state index in [4.69, 9.17) is 9.52 Å². The molecule has 2 aromatic carbocycles. The minimum Gasteiger partial charge on any atom is -0.478 e. The number of carbonyl (C=O) groups is 1. The molecule has 0 spiro atoms. The number of aliphatic carboxylic acids is 1. The molecular formula is C18H14O4. The lowest BCUT2D eigenvalue weighted by Crippen LogP contribution is -1.93. The van der Waals surface area contributed by atoms with E-state index in [9.17, 15) is 9.59 Å². The van der Waals surface area contributed by atoms with Crippen molar-refractivity contribution >= 4 is 23.0 Å². The molecule has 0 fully saturated rings. The number of fused-ring (bicyclic) bond motifs is 1. The minimum atomic E-state index is -0.922. The summed E-state index contributed by atoms with van der Waals surface area (Å²) in [5.41, 5.74) is 1.23. The lowest BCUT2D eigenvalue weighted by molar-refractivity contribution is -0.131. The van der Waals surface area contributed by atoms with Gasteiger partial charge in [-0.05, 0) is 23.8 Å². The van der Waals surface area contributed by atoms with Crippen molar-refractivity contribution in [2.75, 3.05) is 0 Å². The van der Waals surface area contributed by atoms with Crippen molar-refractivity contribution in [2.24, 2.45) is 0 Å². The summed E-state index contributed by atoms with van der Waals surface area (Å²) in [4.78, 5) is 20.8. The van der Waals surface area contributed by atoms with Crippen LogP contribution < -0.4 is 5.63 Å². The van der Waals surface area contributed by atoms with E-state index < -0.39 is 5.97 Å². The van der Waals surface area contributed by atoms with Gasteiger partial charge in [0.25, 0.3) is 0 Å². The topological polar surface area (TPSA) is 67.5 Å². The van der Waals surface area contributed by atoms with Gasteiger partial charge in [-0.2, -0.15) is 0 Å². The summed E-state index contributed by atoms with van der Waals surface area (Å²) < 4.78 is 4.91. The molecule has 0 saturated heterocycles. The smallest absolute Gasteiger partial charge is 0.336 e. The summed E-state index contributed by atoms with van der Waals surface area (Å²) in [5.74, 6) is -0.922. The highest BCUT2D eigenvalue weighted by molar-refractivity contribution is 5.85. The van der Waals surface area contributed by atoms with Crippen molar-refractivity contribution in [3.8, 4) is 0 Å². The summed E-state index contributed by atoms with van der Waals surface area (Å²) in [6.45, 7) is 0. The Morgan fingerprint density at radius 1 is 0.909 bits per heavy atom. The molecule has 1 N–H and O–H groups in total. The van der Waals surface area contributed by atoms with Gasteiger partial charge in [-0.1, -0.05) is 48.5 Å². The molecule has 0 aliphatic rings. The summed E-state index contributed by atoms with van der Waals surface area (Å²) in [6.07, 6.45) is 2.68. The maximum atomic E-state index is 10.7. The van der Waals surface area contributed by atoms with Gasteiger partial charge in [-0.3, -0.25) is 0 Å². The second-order valence-electron chi connectivity index (χ2n) is 4.37. The monoisotopic (exact) mass is 294 g/mol. The average Bonchev–Trinajstić information content (AvgIpc) is 2.54. The van der Waals surface area contributed by atoms with Crippen molar-refractivity contribution in [2.45, 2.75) is 0 Å². The van der Waals surface area contributed by atoms with Gasteiger partial charge in [0.05, 0.1) is 0 Å². The van der Waals surface area contributed by atoms with Gasteiger partial charge in [-0.15, -0.1) is 0 Å². The molecule has 110 valence electrons. The number of benzene rings is 2. The number of hydrogen-bond acceptors (Lipinski definition) is 3. The normalized spacial score (nSPS) is 10.2. The molecular weight excluding hydrogens is 280 g/mol. The first-order chi connectivity index (χ1) is 10.6. The molecule has 0 atom stereocenters.